The SMILES string of the molecule is COC(=O)[C@H](N)C12CC(C(F)F)(C1)C2.Cl. The maximum atomic E-state index is 12.5. The molecule has 3 nitrogen and oxygen atoms in total. The summed E-state index contributed by atoms with van der Waals surface area (Å²) >= 11 is 0. The zero-order chi connectivity index (χ0) is 10.6. The van der Waals surface area contributed by atoms with Crippen molar-refractivity contribution in [2.75, 3.05) is 7.11 Å². The number of alkyl halides is 2. The van der Waals surface area contributed by atoms with Gasteiger partial charge in [0.1, 0.15) is 6.04 Å². The van der Waals surface area contributed by atoms with Crippen molar-refractivity contribution in [3.05, 3.63) is 0 Å². The van der Waals surface area contributed by atoms with E-state index in [-0.39, 0.29) is 17.8 Å². The third-order valence-corrected chi connectivity index (χ3v) is 3.69. The second-order valence-electron chi connectivity index (χ2n) is 4.56. The van der Waals surface area contributed by atoms with E-state index in [4.69, 9.17) is 5.73 Å². The maximum absolute atomic E-state index is 12.5. The highest BCUT2D eigenvalue weighted by Gasteiger charge is 2.74. The second kappa shape index (κ2) is 3.56. The van der Waals surface area contributed by atoms with Gasteiger partial charge in [-0.1, -0.05) is 0 Å². The number of methoxy groups -OCH3 is 1. The van der Waals surface area contributed by atoms with Crippen LogP contribution >= 0.6 is 12.4 Å². The van der Waals surface area contributed by atoms with Crippen LogP contribution in [-0.4, -0.2) is 25.5 Å². The highest BCUT2D eigenvalue weighted by atomic mass is 35.5. The Bertz CT molecular complexity index is 266. The number of nitrogens with two attached hydrogens (primary N) is 1. The van der Waals surface area contributed by atoms with E-state index in [2.05, 4.69) is 4.74 Å². The number of rotatable bonds is 3. The van der Waals surface area contributed by atoms with Crippen molar-refractivity contribution in [3.63, 3.8) is 0 Å². The molecule has 3 fully saturated rings. The fraction of sp³-hybridized carbons (Fsp3) is 0.889. The van der Waals surface area contributed by atoms with Gasteiger partial charge in [0.2, 0.25) is 6.43 Å². The fourth-order valence-electron chi connectivity index (χ4n) is 2.89. The van der Waals surface area contributed by atoms with Crippen LogP contribution < -0.4 is 5.73 Å². The molecule has 0 saturated heterocycles. The third-order valence-electron chi connectivity index (χ3n) is 3.69. The van der Waals surface area contributed by atoms with E-state index in [0.29, 0.717) is 19.3 Å². The smallest absolute Gasteiger partial charge is 0.323 e. The summed E-state index contributed by atoms with van der Waals surface area (Å²) in [5.41, 5.74) is 4.43. The normalized spacial score (nSPS) is 38.5. The molecule has 0 radical (unpaired) electrons. The number of esters is 1. The Morgan fingerprint density at radius 2 is 1.80 bits per heavy atom. The molecule has 2 N–H and O–H groups in total. The van der Waals surface area contributed by atoms with Crippen LogP contribution in [0.3, 0.4) is 0 Å². The monoisotopic (exact) mass is 241 g/mol. The Morgan fingerprint density at radius 1 is 1.33 bits per heavy atom. The lowest BCUT2D eigenvalue weighted by Crippen LogP contribution is -2.72. The predicted molar refractivity (Wildman–Crippen MR) is 52.0 cm³/mol. The molecule has 3 aliphatic rings. The molecule has 15 heavy (non-hydrogen) atoms. The lowest BCUT2D eigenvalue weighted by atomic mass is 9.33. The van der Waals surface area contributed by atoms with Crippen molar-refractivity contribution in [1.29, 1.82) is 0 Å². The van der Waals surface area contributed by atoms with Crippen LogP contribution in [0.4, 0.5) is 8.78 Å². The predicted octanol–water partition coefficient (Wildman–Crippen LogP) is 1.34. The van der Waals surface area contributed by atoms with Gasteiger partial charge in [0.05, 0.1) is 7.11 Å². The Morgan fingerprint density at radius 3 is 2.13 bits per heavy atom. The minimum Gasteiger partial charge on any atom is -0.468 e. The summed E-state index contributed by atoms with van der Waals surface area (Å²) in [5.74, 6) is -0.493. The van der Waals surface area contributed by atoms with Crippen LogP contribution in [0.1, 0.15) is 19.3 Å². The van der Waals surface area contributed by atoms with E-state index in [9.17, 15) is 13.6 Å². The van der Waals surface area contributed by atoms with Gasteiger partial charge in [-0.25, -0.2) is 8.78 Å². The van der Waals surface area contributed by atoms with Crippen LogP contribution in [0.2, 0.25) is 0 Å². The zero-order valence-corrected chi connectivity index (χ0v) is 9.15. The molecular weight excluding hydrogens is 228 g/mol. The van der Waals surface area contributed by atoms with Crippen molar-refractivity contribution >= 4 is 18.4 Å². The Labute approximate surface area is 92.7 Å². The number of hydrogen-bond donors (Lipinski definition) is 1. The molecule has 3 saturated carbocycles. The van der Waals surface area contributed by atoms with E-state index < -0.39 is 23.9 Å². The van der Waals surface area contributed by atoms with Gasteiger partial charge in [-0.05, 0) is 24.7 Å². The van der Waals surface area contributed by atoms with Gasteiger partial charge in [0, 0.05) is 5.41 Å². The zero-order valence-electron chi connectivity index (χ0n) is 8.33. The first kappa shape index (κ1) is 12.6. The van der Waals surface area contributed by atoms with Crippen molar-refractivity contribution in [2.45, 2.75) is 31.7 Å². The topological polar surface area (TPSA) is 52.3 Å². The largest absolute Gasteiger partial charge is 0.468 e. The molecule has 0 heterocycles. The van der Waals surface area contributed by atoms with Crippen molar-refractivity contribution in [1.82, 2.24) is 0 Å². The minimum atomic E-state index is -2.28. The summed E-state index contributed by atoms with van der Waals surface area (Å²) < 4.78 is 29.4. The van der Waals surface area contributed by atoms with E-state index in [1.54, 1.807) is 0 Å². The standard InChI is InChI=1S/C9H13F2NO2.ClH/c1-14-6(13)5(12)8-2-9(3-8,4-8)7(10)11;/h5,7H,2-4,12H2,1H3;1H/t5-,8?,9?;/m0./s1. The van der Waals surface area contributed by atoms with Gasteiger partial charge >= 0.3 is 5.97 Å². The van der Waals surface area contributed by atoms with Gasteiger partial charge in [0.15, 0.2) is 0 Å². The fourth-order valence-corrected chi connectivity index (χ4v) is 2.89. The Hall–Kier alpha value is -0.420. The Kier molecular flexibility index (Phi) is 3.00. The minimum absolute atomic E-state index is 0. The summed E-state index contributed by atoms with van der Waals surface area (Å²) in [5, 5.41) is 0. The third kappa shape index (κ3) is 1.44. The van der Waals surface area contributed by atoms with E-state index in [1.807, 2.05) is 0 Å². The Balaban J connectivity index is 0.00000112. The van der Waals surface area contributed by atoms with Gasteiger partial charge in [-0.15, -0.1) is 12.4 Å². The molecule has 0 amide bonds. The summed E-state index contributed by atoms with van der Waals surface area (Å²) in [6.07, 6.45) is -1.18. The number of halogens is 3. The average molecular weight is 242 g/mol. The molecule has 0 spiro atoms. The van der Waals surface area contributed by atoms with Crippen LogP contribution in [0.5, 0.6) is 0 Å². The molecular formula is C9H14ClF2NO2. The van der Waals surface area contributed by atoms with Crippen LogP contribution in [0.15, 0.2) is 0 Å². The first-order valence-electron chi connectivity index (χ1n) is 4.57. The molecule has 88 valence electrons. The second-order valence-corrected chi connectivity index (χ2v) is 4.56. The molecule has 0 aromatic rings. The molecule has 1 atom stereocenters. The first-order valence-corrected chi connectivity index (χ1v) is 4.57. The van der Waals surface area contributed by atoms with Crippen LogP contribution in [0, 0.1) is 10.8 Å². The highest BCUT2D eigenvalue weighted by Crippen LogP contribution is 2.76. The molecule has 0 aliphatic heterocycles. The van der Waals surface area contributed by atoms with E-state index in [0.717, 1.165) is 0 Å². The molecule has 3 rings (SSSR count). The average Bonchev–Trinajstić information content (AvgIpc) is 1.96. The lowest BCUT2D eigenvalue weighted by molar-refractivity contribution is -0.274. The van der Waals surface area contributed by atoms with Crippen molar-refractivity contribution in [3.8, 4) is 0 Å². The van der Waals surface area contributed by atoms with Crippen molar-refractivity contribution < 1.29 is 18.3 Å². The van der Waals surface area contributed by atoms with Crippen molar-refractivity contribution in [2.24, 2.45) is 16.6 Å². The highest BCUT2D eigenvalue weighted by molar-refractivity contribution is 5.85. The van der Waals surface area contributed by atoms with Crippen LogP contribution in [0.25, 0.3) is 0 Å². The van der Waals surface area contributed by atoms with E-state index in [1.165, 1.54) is 7.11 Å². The molecule has 0 aromatic carbocycles. The molecule has 0 aromatic heterocycles. The quantitative estimate of drug-likeness (QED) is 0.759. The van der Waals surface area contributed by atoms with E-state index >= 15 is 0 Å². The number of ether oxygens (including phenoxy) is 1. The van der Waals surface area contributed by atoms with Crippen LogP contribution in [-0.2, 0) is 9.53 Å². The summed E-state index contributed by atoms with van der Waals surface area (Å²) in [6, 6.07) is -0.729. The molecule has 2 bridgehead atoms. The molecule has 0 unspecified atom stereocenters. The summed E-state index contributed by atoms with van der Waals surface area (Å²) in [6.45, 7) is 0. The van der Waals surface area contributed by atoms with Gasteiger partial charge in [0.25, 0.3) is 0 Å². The van der Waals surface area contributed by atoms with Gasteiger partial charge < -0.3 is 10.5 Å². The summed E-state index contributed by atoms with van der Waals surface area (Å²) in [4.78, 5) is 11.1. The van der Waals surface area contributed by atoms with Gasteiger partial charge in [-0.2, -0.15) is 0 Å². The van der Waals surface area contributed by atoms with Gasteiger partial charge in [-0.3, -0.25) is 4.79 Å². The summed E-state index contributed by atoms with van der Waals surface area (Å²) in [7, 11) is 1.26. The number of carbonyl (C=O) groups is 1. The number of carbonyl (C=O) groups excluding carboxylic acids is 1. The maximum Gasteiger partial charge on any atom is 0.323 e. The molecule has 6 heteroatoms. The first-order chi connectivity index (χ1) is 6.46. The molecule has 3 aliphatic carbocycles. The lowest BCUT2D eigenvalue weighted by Gasteiger charge is -2.71. The number of hydrogen-bond acceptors (Lipinski definition) is 3.